The average molecular weight is 312 g/mol. The van der Waals surface area contributed by atoms with E-state index in [0.717, 1.165) is 0 Å². The highest BCUT2D eigenvalue weighted by atomic mass is 31.2. The van der Waals surface area contributed by atoms with Crippen molar-refractivity contribution in [1.29, 1.82) is 0 Å². The van der Waals surface area contributed by atoms with Gasteiger partial charge < -0.3 is 14.6 Å². The van der Waals surface area contributed by atoms with Gasteiger partial charge in [-0.15, -0.1) is 0 Å². The van der Waals surface area contributed by atoms with Crippen LogP contribution in [0.4, 0.5) is 0 Å². The van der Waals surface area contributed by atoms with E-state index in [1.165, 1.54) is 13.8 Å². The molecule has 0 aliphatic rings. The Morgan fingerprint density at radius 1 is 1.00 bits per heavy atom. The SMILES string of the molecule is CCOC(=O)[C@H](C)OP(=O)(CO)O[C@@H](C)C(=O)OCC. The fourth-order valence-electron chi connectivity index (χ4n) is 1.18. The Morgan fingerprint density at radius 2 is 1.35 bits per heavy atom. The summed E-state index contributed by atoms with van der Waals surface area (Å²) >= 11 is 0. The van der Waals surface area contributed by atoms with Crippen molar-refractivity contribution in [3.63, 3.8) is 0 Å². The predicted octanol–water partition coefficient (Wildman–Crippen LogP) is 1.07. The highest BCUT2D eigenvalue weighted by Gasteiger charge is 2.34. The fraction of sp³-hybridized carbons (Fsp3) is 0.818. The van der Waals surface area contributed by atoms with Gasteiger partial charge >= 0.3 is 19.5 Å². The third-order valence-corrected chi connectivity index (χ3v) is 3.67. The number of carbonyl (C=O) groups is 2. The Bertz CT molecular complexity index is 339. The zero-order chi connectivity index (χ0) is 15.8. The van der Waals surface area contributed by atoms with E-state index >= 15 is 0 Å². The summed E-state index contributed by atoms with van der Waals surface area (Å²) in [5, 5.41) is 9.09. The lowest BCUT2D eigenvalue weighted by Gasteiger charge is -2.22. The van der Waals surface area contributed by atoms with Crippen molar-refractivity contribution in [3.8, 4) is 0 Å². The number of esters is 2. The van der Waals surface area contributed by atoms with Crippen LogP contribution in [-0.2, 0) is 32.7 Å². The number of ether oxygens (including phenoxy) is 2. The molecule has 0 aliphatic carbocycles. The summed E-state index contributed by atoms with van der Waals surface area (Å²) in [4.78, 5) is 22.7. The molecule has 118 valence electrons. The molecule has 0 aliphatic heterocycles. The first-order valence-corrected chi connectivity index (χ1v) is 7.92. The van der Waals surface area contributed by atoms with Crippen LogP contribution >= 0.6 is 7.60 Å². The molecule has 20 heavy (non-hydrogen) atoms. The van der Waals surface area contributed by atoms with Gasteiger partial charge in [-0.3, -0.25) is 13.6 Å². The lowest BCUT2D eigenvalue weighted by Crippen LogP contribution is -2.27. The minimum Gasteiger partial charge on any atom is -0.464 e. The van der Waals surface area contributed by atoms with Gasteiger partial charge in [-0.2, -0.15) is 0 Å². The second-order valence-corrected chi connectivity index (χ2v) is 5.68. The molecule has 0 unspecified atom stereocenters. The van der Waals surface area contributed by atoms with E-state index in [1.54, 1.807) is 13.8 Å². The number of aliphatic hydroxyl groups is 1. The zero-order valence-electron chi connectivity index (χ0n) is 12.0. The summed E-state index contributed by atoms with van der Waals surface area (Å²) in [6.07, 6.45) is -3.36. The van der Waals surface area contributed by atoms with E-state index in [4.69, 9.17) is 14.2 Å². The van der Waals surface area contributed by atoms with Crippen LogP contribution in [0.25, 0.3) is 0 Å². The van der Waals surface area contributed by atoms with Gasteiger partial charge in [0, 0.05) is 0 Å². The summed E-state index contributed by atoms with van der Waals surface area (Å²) in [5.74, 6) is -1.48. The first-order valence-electron chi connectivity index (χ1n) is 6.19. The predicted molar refractivity (Wildman–Crippen MR) is 69.1 cm³/mol. The van der Waals surface area contributed by atoms with Crippen molar-refractivity contribution in [2.24, 2.45) is 0 Å². The number of carbonyl (C=O) groups excluding carboxylic acids is 2. The van der Waals surface area contributed by atoms with Gasteiger partial charge in [-0.25, -0.2) is 9.59 Å². The topological polar surface area (TPSA) is 108 Å². The molecule has 0 aromatic carbocycles. The van der Waals surface area contributed by atoms with E-state index in [0.29, 0.717) is 0 Å². The molecule has 0 heterocycles. The molecule has 0 radical (unpaired) electrons. The normalized spacial score (nSPS) is 14.4. The second kappa shape index (κ2) is 9.07. The highest BCUT2D eigenvalue weighted by Crippen LogP contribution is 2.49. The molecule has 0 spiro atoms. The molecule has 8 nitrogen and oxygen atoms in total. The van der Waals surface area contributed by atoms with Gasteiger partial charge in [-0.05, 0) is 27.7 Å². The Hall–Kier alpha value is -0.950. The van der Waals surface area contributed by atoms with Gasteiger partial charge in [0.15, 0.2) is 12.2 Å². The Morgan fingerprint density at radius 3 is 1.60 bits per heavy atom. The fourth-order valence-corrected chi connectivity index (χ4v) is 2.50. The molecule has 1 N–H and O–H groups in total. The minimum absolute atomic E-state index is 0.135. The molecule has 9 heteroatoms. The molecule has 0 bridgehead atoms. The minimum atomic E-state index is -4.01. The Kier molecular flexibility index (Phi) is 8.64. The van der Waals surface area contributed by atoms with Crippen LogP contribution in [0, 0.1) is 0 Å². The second-order valence-electron chi connectivity index (χ2n) is 3.75. The van der Waals surface area contributed by atoms with Crippen molar-refractivity contribution in [3.05, 3.63) is 0 Å². The van der Waals surface area contributed by atoms with Crippen LogP contribution in [0.3, 0.4) is 0 Å². The first kappa shape index (κ1) is 19.1. The molecular weight excluding hydrogens is 291 g/mol. The third kappa shape index (κ3) is 6.47. The summed E-state index contributed by atoms with van der Waals surface area (Å²) in [7, 11) is -4.01. The van der Waals surface area contributed by atoms with Crippen molar-refractivity contribution in [1.82, 2.24) is 0 Å². The Labute approximate surface area is 117 Å². The van der Waals surface area contributed by atoms with Crippen molar-refractivity contribution >= 4 is 19.5 Å². The summed E-state index contributed by atoms with van der Waals surface area (Å²) in [5.41, 5.74) is 0. The maximum absolute atomic E-state index is 12.1. The van der Waals surface area contributed by atoms with Crippen LogP contribution in [0.15, 0.2) is 0 Å². The van der Waals surface area contributed by atoms with Gasteiger partial charge in [0.2, 0.25) is 0 Å². The van der Waals surface area contributed by atoms with Gasteiger partial charge in [0.1, 0.15) is 6.35 Å². The van der Waals surface area contributed by atoms with Crippen LogP contribution in [0.5, 0.6) is 0 Å². The lowest BCUT2D eigenvalue weighted by atomic mass is 10.4. The molecule has 0 fully saturated rings. The molecule has 0 aromatic rings. The van der Waals surface area contributed by atoms with Crippen LogP contribution in [-0.4, -0.2) is 48.8 Å². The van der Waals surface area contributed by atoms with Crippen molar-refractivity contribution < 1.29 is 37.8 Å². The molecule has 0 saturated carbocycles. The molecule has 0 saturated heterocycles. The monoisotopic (exact) mass is 312 g/mol. The lowest BCUT2D eigenvalue weighted by molar-refractivity contribution is -0.152. The number of hydrogen-bond donors (Lipinski definition) is 1. The average Bonchev–Trinajstić information content (AvgIpc) is 2.39. The van der Waals surface area contributed by atoms with E-state index in [2.05, 4.69) is 9.47 Å². The van der Waals surface area contributed by atoms with E-state index < -0.39 is 38.1 Å². The molecule has 0 rings (SSSR count). The zero-order valence-corrected chi connectivity index (χ0v) is 12.9. The molecule has 2 atom stereocenters. The largest absolute Gasteiger partial charge is 0.464 e. The maximum Gasteiger partial charge on any atom is 0.357 e. The molecule has 0 aromatic heterocycles. The van der Waals surface area contributed by atoms with Gasteiger partial charge in [-0.1, -0.05) is 0 Å². The van der Waals surface area contributed by atoms with Crippen LogP contribution < -0.4 is 0 Å². The third-order valence-electron chi connectivity index (χ3n) is 2.05. The molecule has 0 amide bonds. The summed E-state index contributed by atoms with van der Waals surface area (Å²) < 4.78 is 31.3. The number of aliphatic hydroxyl groups excluding tert-OH is 1. The summed E-state index contributed by atoms with van der Waals surface area (Å²) in [6.45, 7) is 6.09. The van der Waals surface area contributed by atoms with Gasteiger partial charge in [0.25, 0.3) is 0 Å². The Balaban J connectivity index is 4.65. The van der Waals surface area contributed by atoms with E-state index in [9.17, 15) is 14.2 Å². The van der Waals surface area contributed by atoms with Crippen LogP contribution in [0.1, 0.15) is 27.7 Å². The highest BCUT2D eigenvalue weighted by molar-refractivity contribution is 7.53. The standard InChI is InChI=1S/C11H21O8P/c1-5-16-10(13)8(3)18-20(15,7-12)19-9(4)11(14)17-6-2/h8-9,12H,5-7H2,1-4H3/t8-,9-/m0/s1. The van der Waals surface area contributed by atoms with Crippen LogP contribution in [0.2, 0.25) is 0 Å². The van der Waals surface area contributed by atoms with Crippen molar-refractivity contribution in [2.45, 2.75) is 39.9 Å². The quantitative estimate of drug-likeness (QED) is 0.497. The van der Waals surface area contributed by atoms with E-state index in [-0.39, 0.29) is 13.2 Å². The number of rotatable bonds is 9. The summed E-state index contributed by atoms with van der Waals surface area (Å²) in [6, 6.07) is 0. The smallest absolute Gasteiger partial charge is 0.357 e. The maximum atomic E-state index is 12.1. The van der Waals surface area contributed by atoms with E-state index in [1.807, 2.05) is 0 Å². The van der Waals surface area contributed by atoms with Gasteiger partial charge in [0.05, 0.1) is 13.2 Å². The first-order chi connectivity index (χ1) is 9.29. The molecular formula is C11H21O8P. The van der Waals surface area contributed by atoms with Crippen molar-refractivity contribution in [2.75, 3.05) is 19.6 Å². The number of hydrogen-bond acceptors (Lipinski definition) is 8.